The van der Waals surface area contributed by atoms with Gasteiger partial charge in [-0.3, -0.25) is 4.79 Å². The summed E-state index contributed by atoms with van der Waals surface area (Å²) in [6.07, 6.45) is 3.13. The van der Waals surface area contributed by atoms with Gasteiger partial charge in [0.05, 0.1) is 5.56 Å². The van der Waals surface area contributed by atoms with Crippen molar-refractivity contribution in [3.63, 3.8) is 0 Å². The zero-order valence-electron chi connectivity index (χ0n) is 14.8. The van der Waals surface area contributed by atoms with Gasteiger partial charge in [-0.2, -0.15) is 0 Å². The van der Waals surface area contributed by atoms with Crippen molar-refractivity contribution in [1.82, 2.24) is 4.90 Å². The molecular weight excluding hydrogens is 361 g/mol. The molecule has 0 spiro atoms. The van der Waals surface area contributed by atoms with Crippen molar-refractivity contribution in [2.24, 2.45) is 10.8 Å². The van der Waals surface area contributed by atoms with Crippen LogP contribution in [0, 0.1) is 10.8 Å². The smallest absolute Gasteiger partial charge is 0.338 e. The normalized spacial score (nSPS) is 27.2. The minimum absolute atomic E-state index is 0.132. The van der Waals surface area contributed by atoms with Crippen molar-refractivity contribution >= 4 is 35.1 Å². The highest BCUT2D eigenvalue weighted by molar-refractivity contribution is 6.35. The number of carbonyl (C=O) groups is 2. The molecule has 0 radical (unpaired) electrons. The lowest BCUT2D eigenvalue weighted by molar-refractivity contribution is -0.135. The number of likely N-dealkylation sites (tertiary alicyclic amines) is 1. The summed E-state index contributed by atoms with van der Waals surface area (Å²) in [6.45, 7) is 7.24. The average molecular weight is 384 g/mol. The van der Waals surface area contributed by atoms with Gasteiger partial charge in [0.15, 0.2) is 6.61 Å². The molecule has 1 aromatic rings. The summed E-state index contributed by atoms with van der Waals surface area (Å²) in [5, 5.41) is 0.712. The van der Waals surface area contributed by atoms with Gasteiger partial charge in [0.2, 0.25) is 0 Å². The number of hydrogen-bond acceptors (Lipinski definition) is 3. The maximum absolute atomic E-state index is 12.6. The molecule has 1 aromatic carbocycles. The predicted molar refractivity (Wildman–Crippen MR) is 98.0 cm³/mol. The highest BCUT2D eigenvalue weighted by Crippen LogP contribution is 2.52. The number of nitrogens with zero attached hydrogens (tertiary/aromatic N) is 1. The Balaban J connectivity index is 1.62. The van der Waals surface area contributed by atoms with E-state index in [1.54, 1.807) is 0 Å². The van der Waals surface area contributed by atoms with Gasteiger partial charge in [-0.05, 0) is 48.3 Å². The highest BCUT2D eigenvalue weighted by Gasteiger charge is 2.50. The van der Waals surface area contributed by atoms with Crippen LogP contribution in [0.4, 0.5) is 0 Å². The predicted octanol–water partition coefficient (Wildman–Crippen LogP) is 4.58. The van der Waals surface area contributed by atoms with Gasteiger partial charge in [0, 0.05) is 22.6 Å². The number of fused-ring (bicyclic) bond motifs is 2. The van der Waals surface area contributed by atoms with E-state index >= 15 is 0 Å². The van der Waals surface area contributed by atoms with Crippen LogP contribution in [0.15, 0.2) is 18.2 Å². The zero-order valence-corrected chi connectivity index (χ0v) is 16.3. The first-order valence-electron chi connectivity index (χ1n) is 8.50. The maximum atomic E-state index is 12.6. The van der Waals surface area contributed by atoms with Gasteiger partial charge >= 0.3 is 5.97 Å². The Bertz CT molecular complexity index is 698. The average Bonchev–Trinajstić information content (AvgIpc) is 2.72. The molecule has 25 heavy (non-hydrogen) atoms. The number of benzene rings is 1. The number of carbonyl (C=O) groups excluding carboxylic acids is 2. The Morgan fingerprint density at radius 2 is 1.80 bits per heavy atom. The molecule has 2 fully saturated rings. The largest absolute Gasteiger partial charge is 0.452 e. The van der Waals surface area contributed by atoms with Crippen LogP contribution in [0.1, 0.15) is 50.4 Å². The fraction of sp³-hybridized carbons (Fsp3) is 0.579. The van der Waals surface area contributed by atoms with Crippen LogP contribution in [-0.4, -0.2) is 36.0 Å². The van der Waals surface area contributed by atoms with Crippen molar-refractivity contribution in [1.29, 1.82) is 0 Å². The second kappa shape index (κ2) is 6.48. The molecule has 1 amide bonds. The molecule has 4 nitrogen and oxygen atoms in total. The molecule has 1 heterocycles. The second-order valence-corrected chi connectivity index (χ2v) is 9.34. The molecule has 3 rings (SSSR count). The third-order valence-corrected chi connectivity index (χ3v) is 5.60. The Labute approximate surface area is 158 Å². The van der Waals surface area contributed by atoms with Crippen molar-refractivity contribution in [3.8, 4) is 0 Å². The standard InChI is InChI=1S/C19H23Cl2NO3/c1-18(2)7-15-8-19(3,10-18)11-22(15)16(23)9-25-17(24)12-4-13(20)6-14(21)5-12/h4-6,15H,7-11H2,1-3H3/t15-,19+/m1/s1. The van der Waals surface area contributed by atoms with Crippen LogP contribution in [-0.2, 0) is 9.53 Å². The Morgan fingerprint density at radius 1 is 1.16 bits per heavy atom. The first kappa shape index (κ1) is 18.5. The van der Waals surface area contributed by atoms with Gasteiger partial charge in [-0.25, -0.2) is 4.79 Å². The second-order valence-electron chi connectivity index (χ2n) is 8.47. The van der Waals surface area contributed by atoms with E-state index < -0.39 is 5.97 Å². The maximum Gasteiger partial charge on any atom is 0.338 e. The van der Waals surface area contributed by atoms with Crippen LogP contribution < -0.4 is 0 Å². The summed E-state index contributed by atoms with van der Waals surface area (Å²) in [6, 6.07) is 4.73. The van der Waals surface area contributed by atoms with E-state index in [4.69, 9.17) is 27.9 Å². The molecule has 2 atom stereocenters. The quantitative estimate of drug-likeness (QED) is 0.717. The number of hydrogen-bond donors (Lipinski definition) is 0. The van der Waals surface area contributed by atoms with Crippen molar-refractivity contribution < 1.29 is 14.3 Å². The van der Waals surface area contributed by atoms with Crippen molar-refractivity contribution in [2.45, 2.75) is 46.1 Å². The molecule has 0 N–H and O–H groups in total. The molecule has 2 aliphatic rings. The fourth-order valence-corrected chi connectivity index (χ4v) is 5.24. The van der Waals surface area contributed by atoms with Crippen molar-refractivity contribution in [3.05, 3.63) is 33.8 Å². The van der Waals surface area contributed by atoms with E-state index in [0.29, 0.717) is 10.0 Å². The van der Waals surface area contributed by atoms with Crippen LogP contribution >= 0.6 is 23.2 Å². The van der Waals surface area contributed by atoms with Crippen LogP contribution in [0.3, 0.4) is 0 Å². The van der Waals surface area contributed by atoms with E-state index in [9.17, 15) is 9.59 Å². The number of esters is 1. The molecule has 1 saturated heterocycles. The van der Waals surface area contributed by atoms with Crippen LogP contribution in [0.5, 0.6) is 0 Å². The highest BCUT2D eigenvalue weighted by atomic mass is 35.5. The SMILES string of the molecule is CC1(C)C[C@@H]2C[C@](C)(CN2C(=O)COC(=O)c2cc(Cl)cc(Cl)c2)C1. The number of halogens is 2. The minimum Gasteiger partial charge on any atom is -0.452 e. The Hall–Kier alpha value is -1.26. The fourth-order valence-electron chi connectivity index (χ4n) is 4.72. The monoisotopic (exact) mass is 383 g/mol. The van der Waals surface area contributed by atoms with Gasteiger partial charge in [-0.1, -0.05) is 44.0 Å². The summed E-state index contributed by atoms with van der Waals surface area (Å²) in [5.74, 6) is -0.723. The van der Waals surface area contributed by atoms with E-state index in [-0.39, 0.29) is 34.9 Å². The lowest BCUT2D eigenvalue weighted by Crippen LogP contribution is -2.39. The van der Waals surface area contributed by atoms with Gasteiger partial charge in [-0.15, -0.1) is 0 Å². The van der Waals surface area contributed by atoms with Gasteiger partial charge in [0.25, 0.3) is 5.91 Å². The van der Waals surface area contributed by atoms with E-state index in [0.717, 1.165) is 25.8 Å². The first-order chi connectivity index (χ1) is 11.6. The topological polar surface area (TPSA) is 46.6 Å². The van der Waals surface area contributed by atoms with E-state index in [2.05, 4.69) is 20.8 Å². The number of rotatable bonds is 3. The molecule has 2 bridgehead atoms. The molecule has 0 unspecified atom stereocenters. The lowest BCUT2D eigenvalue weighted by Gasteiger charge is -2.39. The van der Waals surface area contributed by atoms with Crippen molar-refractivity contribution in [2.75, 3.05) is 13.2 Å². The molecular formula is C19H23Cl2NO3. The molecule has 1 saturated carbocycles. The Morgan fingerprint density at radius 3 is 2.44 bits per heavy atom. The van der Waals surface area contributed by atoms with Gasteiger partial charge < -0.3 is 9.64 Å². The van der Waals surface area contributed by atoms with E-state index in [1.807, 2.05) is 4.90 Å². The number of ether oxygens (including phenoxy) is 1. The summed E-state index contributed by atoms with van der Waals surface area (Å²) in [5.41, 5.74) is 0.645. The summed E-state index contributed by atoms with van der Waals surface area (Å²) in [4.78, 5) is 26.7. The lowest BCUT2D eigenvalue weighted by atomic mass is 9.65. The minimum atomic E-state index is -0.591. The molecule has 6 heteroatoms. The summed E-state index contributed by atoms with van der Waals surface area (Å²) >= 11 is 11.8. The van der Waals surface area contributed by atoms with E-state index in [1.165, 1.54) is 18.2 Å². The molecule has 1 aliphatic heterocycles. The zero-order chi connectivity index (χ0) is 18.4. The van der Waals surface area contributed by atoms with Crippen LogP contribution in [0.2, 0.25) is 10.0 Å². The third kappa shape index (κ3) is 4.12. The molecule has 136 valence electrons. The third-order valence-electron chi connectivity index (χ3n) is 5.16. The van der Waals surface area contributed by atoms with Crippen LogP contribution in [0.25, 0.3) is 0 Å². The van der Waals surface area contributed by atoms with Gasteiger partial charge in [0.1, 0.15) is 0 Å². The number of amides is 1. The Kier molecular flexibility index (Phi) is 4.80. The summed E-state index contributed by atoms with van der Waals surface area (Å²) in [7, 11) is 0. The first-order valence-corrected chi connectivity index (χ1v) is 9.25. The molecule has 1 aliphatic carbocycles. The summed E-state index contributed by atoms with van der Waals surface area (Å²) < 4.78 is 5.20. The molecule has 0 aromatic heterocycles.